The molecule has 5 rings (SSSR count). The largest absolute Gasteiger partial charge is 0.465 e. The van der Waals surface area contributed by atoms with E-state index in [2.05, 4.69) is 0 Å². The average molecular weight is 417 g/mol. The number of para-hydroxylation sites is 3. The highest BCUT2D eigenvalue weighted by Crippen LogP contribution is 2.38. The number of carbonyl (C=O) groups excluding carboxylic acids is 2. The molecule has 0 saturated carbocycles. The highest BCUT2D eigenvalue weighted by Gasteiger charge is 2.29. The van der Waals surface area contributed by atoms with E-state index in [1.165, 1.54) is 24.9 Å². The standard InChI is InChI=1S/C23H15NO7/c1-28-21(25)13-11-15(24-14-8-4-6-10-17(14)31-23(24)27)20-18(19(13)22(26)29-2)12-7-3-5-9-16(12)30-20/h3-11H,1-2H3. The van der Waals surface area contributed by atoms with E-state index in [0.717, 1.165) is 0 Å². The second-order valence-electron chi connectivity index (χ2n) is 6.77. The lowest BCUT2D eigenvalue weighted by atomic mass is 9.99. The molecule has 5 aromatic rings. The number of hydrogen-bond donors (Lipinski definition) is 0. The van der Waals surface area contributed by atoms with Crippen LogP contribution in [0.15, 0.2) is 68.2 Å². The molecule has 0 saturated heterocycles. The van der Waals surface area contributed by atoms with Gasteiger partial charge in [-0.1, -0.05) is 30.3 Å². The molecular weight excluding hydrogens is 402 g/mol. The molecule has 0 unspecified atom stereocenters. The minimum absolute atomic E-state index is 0.00102. The van der Waals surface area contributed by atoms with Gasteiger partial charge in [0.15, 0.2) is 11.2 Å². The van der Waals surface area contributed by atoms with Crippen LogP contribution in [0.5, 0.6) is 0 Å². The monoisotopic (exact) mass is 417 g/mol. The summed E-state index contributed by atoms with van der Waals surface area (Å²) in [5, 5.41) is 0.934. The fraction of sp³-hybridized carbons (Fsp3) is 0.0870. The summed E-state index contributed by atoms with van der Waals surface area (Å²) >= 11 is 0. The van der Waals surface area contributed by atoms with Crippen LogP contribution in [-0.2, 0) is 9.47 Å². The summed E-state index contributed by atoms with van der Waals surface area (Å²) in [5.41, 5.74) is 1.76. The van der Waals surface area contributed by atoms with Crippen molar-refractivity contribution in [2.75, 3.05) is 14.2 Å². The molecule has 0 bridgehead atoms. The topological polar surface area (TPSA) is 101 Å². The van der Waals surface area contributed by atoms with Gasteiger partial charge in [0.1, 0.15) is 5.58 Å². The molecule has 8 nitrogen and oxygen atoms in total. The number of carbonyl (C=O) groups is 2. The minimum Gasteiger partial charge on any atom is -0.465 e. The maximum atomic E-state index is 12.8. The van der Waals surface area contributed by atoms with Crippen molar-refractivity contribution in [1.29, 1.82) is 0 Å². The summed E-state index contributed by atoms with van der Waals surface area (Å²) in [4.78, 5) is 38.2. The summed E-state index contributed by atoms with van der Waals surface area (Å²) in [6.07, 6.45) is 0. The predicted molar refractivity (Wildman–Crippen MR) is 112 cm³/mol. The van der Waals surface area contributed by atoms with E-state index in [0.29, 0.717) is 27.5 Å². The van der Waals surface area contributed by atoms with Crippen molar-refractivity contribution in [3.05, 3.63) is 76.3 Å². The predicted octanol–water partition coefficient (Wildman–Crippen LogP) is 4.06. The van der Waals surface area contributed by atoms with E-state index < -0.39 is 17.7 Å². The Morgan fingerprint density at radius 3 is 2.29 bits per heavy atom. The number of aromatic nitrogens is 1. The Bertz CT molecular complexity index is 1570. The maximum Gasteiger partial charge on any atom is 0.424 e. The zero-order valence-electron chi connectivity index (χ0n) is 16.5. The number of methoxy groups -OCH3 is 2. The van der Waals surface area contributed by atoms with Crippen molar-refractivity contribution >= 4 is 45.0 Å². The summed E-state index contributed by atoms with van der Waals surface area (Å²) in [6.45, 7) is 0. The first-order chi connectivity index (χ1) is 15.0. The van der Waals surface area contributed by atoms with Gasteiger partial charge in [-0.3, -0.25) is 0 Å². The number of esters is 2. The van der Waals surface area contributed by atoms with Crippen LogP contribution in [0.25, 0.3) is 38.7 Å². The van der Waals surface area contributed by atoms with Gasteiger partial charge in [-0.05, 0) is 24.3 Å². The number of ether oxygens (including phenoxy) is 2. The van der Waals surface area contributed by atoms with Gasteiger partial charge in [0.2, 0.25) is 0 Å². The number of hydrogen-bond acceptors (Lipinski definition) is 7. The first-order valence-corrected chi connectivity index (χ1v) is 9.31. The van der Waals surface area contributed by atoms with Crippen molar-refractivity contribution in [3.63, 3.8) is 0 Å². The third-order valence-electron chi connectivity index (χ3n) is 5.15. The van der Waals surface area contributed by atoms with E-state index in [-0.39, 0.29) is 22.4 Å². The van der Waals surface area contributed by atoms with E-state index in [1.807, 2.05) is 0 Å². The van der Waals surface area contributed by atoms with Crippen LogP contribution in [0.4, 0.5) is 0 Å². The Kier molecular flexibility index (Phi) is 4.14. The Morgan fingerprint density at radius 1 is 0.871 bits per heavy atom. The van der Waals surface area contributed by atoms with Gasteiger partial charge >= 0.3 is 17.7 Å². The lowest BCUT2D eigenvalue weighted by Gasteiger charge is -2.11. The molecule has 0 atom stereocenters. The van der Waals surface area contributed by atoms with Gasteiger partial charge in [0, 0.05) is 10.8 Å². The lowest BCUT2D eigenvalue weighted by molar-refractivity contribution is 0.0557. The second kappa shape index (κ2) is 6.88. The van der Waals surface area contributed by atoms with E-state index in [9.17, 15) is 14.4 Å². The van der Waals surface area contributed by atoms with E-state index in [1.54, 1.807) is 48.5 Å². The van der Waals surface area contributed by atoms with Gasteiger partial charge in [-0.25, -0.2) is 19.0 Å². The lowest BCUT2D eigenvalue weighted by Crippen LogP contribution is -2.17. The molecule has 2 aromatic heterocycles. The van der Waals surface area contributed by atoms with Gasteiger partial charge in [-0.2, -0.15) is 0 Å². The SMILES string of the molecule is COC(=O)c1cc(-n2c(=O)oc3ccccc32)c2oc3ccccc3c2c1C(=O)OC. The molecule has 154 valence electrons. The van der Waals surface area contributed by atoms with Gasteiger partial charge in [0.25, 0.3) is 0 Å². The van der Waals surface area contributed by atoms with Crippen molar-refractivity contribution in [1.82, 2.24) is 4.57 Å². The molecule has 0 aliphatic carbocycles. The smallest absolute Gasteiger partial charge is 0.424 e. The summed E-state index contributed by atoms with van der Waals surface area (Å²) < 4.78 is 22.6. The molecule has 0 radical (unpaired) electrons. The van der Waals surface area contributed by atoms with Gasteiger partial charge < -0.3 is 18.3 Å². The van der Waals surface area contributed by atoms with Gasteiger partial charge in [-0.15, -0.1) is 0 Å². The molecule has 0 fully saturated rings. The van der Waals surface area contributed by atoms with Crippen LogP contribution in [0, 0.1) is 0 Å². The quantitative estimate of drug-likeness (QED) is 0.408. The van der Waals surface area contributed by atoms with Crippen LogP contribution >= 0.6 is 0 Å². The van der Waals surface area contributed by atoms with Crippen molar-refractivity contribution in [3.8, 4) is 5.69 Å². The van der Waals surface area contributed by atoms with Crippen molar-refractivity contribution in [2.24, 2.45) is 0 Å². The minimum atomic E-state index is -0.755. The zero-order valence-corrected chi connectivity index (χ0v) is 16.5. The molecule has 2 heterocycles. The molecule has 0 aliphatic heterocycles. The molecule has 31 heavy (non-hydrogen) atoms. The van der Waals surface area contributed by atoms with Crippen molar-refractivity contribution in [2.45, 2.75) is 0 Å². The fourth-order valence-corrected chi connectivity index (χ4v) is 3.83. The number of benzene rings is 3. The molecular formula is C23H15NO7. The number of fused-ring (bicyclic) bond motifs is 4. The number of furan rings is 1. The van der Waals surface area contributed by atoms with Crippen LogP contribution in [-0.4, -0.2) is 30.7 Å². The molecule has 0 amide bonds. The summed E-state index contributed by atoms with van der Waals surface area (Å²) in [7, 11) is 2.43. The number of nitrogens with zero attached hydrogens (tertiary/aromatic N) is 1. The molecule has 8 heteroatoms. The normalized spacial score (nSPS) is 11.3. The Morgan fingerprint density at radius 2 is 1.55 bits per heavy atom. The second-order valence-corrected chi connectivity index (χ2v) is 6.77. The van der Waals surface area contributed by atoms with Crippen LogP contribution < -0.4 is 5.76 Å². The summed E-state index contributed by atoms with van der Waals surface area (Å²) in [6, 6.07) is 15.3. The summed E-state index contributed by atoms with van der Waals surface area (Å²) in [5.74, 6) is -2.15. The third kappa shape index (κ3) is 2.65. The Balaban J connectivity index is 2.04. The van der Waals surface area contributed by atoms with E-state index in [4.69, 9.17) is 18.3 Å². The number of rotatable bonds is 3. The average Bonchev–Trinajstić information content (AvgIpc) is 3.34. The Hall–Kier alpha value is -4.33. The van der Waals surface area contributed by atoms with E-state index >= 15 is 0 Å². The maximum absolute atomic E-state index is 12.8. The number of oxazole rings is 1. The van der Waals surface area contributed by atoms with Crippen LogP contribution in [0.2, 0.25) is 0 Å². The zero-order chi connectivity index (χ0) is 21.7. The fourth-order valence-electron chi connectivity index (χ4n) is 3.83. The molecule has 0 N–H and O–H groups in total. The highest BCUT2D eigenvalue weighted by atomic mass is 16.5. The molecule has 0 spiro atoms. The molecule has 0 aliphatic rings. The third-order valence-corrected chi connectivity index (χ3v) is 5.15. The van der Waals surface area contributed by atoms with Gasteiger partial charge in [0.05, 0.1) is 36.6 Å². The van der Waals surface area contributed by atoms with Crippen LogP contribution in [0.3, 0.4) is 0 Å². The first kappa shape index (κ1) is 18.7. The first-order valence-electron chi connectivity index (χ1n) is 9.31. The van der Waals surface area contributed by atoms with Crippen LogP contribution in [0.1, 0.15) is 20.7 Å². The molecule has 3 aromatic carbocycles. The highest BCUT2D eigenvalue weighted by molar-refractivity contribution is 6.21. The Labute approximate surface area is 174 Å². The van der Waals surface area contributed by atoms with Crippen molar-refractivity contribution < 1.29 is 27.9 Å².